The number of carbonyl (C=O) groups is 2. The molecule has 2 saturated heterocycles. The first-order chi connectivity index (χ1) is 10.0. The molecule has 2 atom stereocenters. The summed E-state index contributed by atoms with van der Waals surface area (Å²) >= 11 is 6.11. The molecule has 0 bridgehead atoms. The molecule has 2 aliphatic rings. The minimum absolute atomic E-state index is 0.0345. The molecule has 2 fully saturated rings. The number of nitrogens with zero attached hydrogens (tertiary/aromatic N) is 1. The van der Waals surface area contributed by atoms with Gasteiger partial charge in [-0.25, -0.2) is 0 Å². The number of rotatable bonds is 1. The number of benzene rings is 1. The average Bonchev–Trinajstić information content (AvgIpc) is 2.49. The largest absolute Gasteiger partial charge is 0.353 e. The lowest BCUT2D eigenvalue weighted by atomic mass is 9.85. The smallest absolute Gasteiger partial charge is 0.253 e. The number of piperidine rings is 2. The number of nitrogens with one attached hydrogen (secondary N) is 1. The molecule has 2 unspecified atom stereocenters. The fourth-order valence-corrected chi connectivity index (χ4v) is 3.38. The summed E-state index contributed by atoms with van der Waals surface area (Å²) in [4.78, 5) is 25.9. The van der Waals surface area contributed by atoms with Crippen molar-refractivity contribution in [2.45, 2.75) is 32.2 Å². The summed E-state index contributed by atoms with van der Waals surface area (Å²) in [7, 11) is 0. The molecule has 1 N–H and O–H groups in total. The molecule has 1 aromatic rings. The van der Waals surface area contributed by atoms with Crippen LogP contribution in [0.2, 0.25) is 5.02 Å². The maximum atomic E-state index is 12.6. The van der Waals surface area contributed by atoms with Crippen LogP contribution < -0.4 is 5.32 Å². The molecule has 2 heterocycles. The molecular formula is C16H19ClN2O2. The van der Waals surface area contributed by atoms with Crippen molar-refractivity contribution < 1.29 is 9.59 Å². The van der Waals surface area contributed by atoms with E-state index in [1.807, 2.05) is 24.0 Å². The van der Waals surface area contributed by atoms with E-state index in [-0.39, 0.29) is 17.9 Å². The zero-order chi connectivity index (χ0) is 15.0. The van der Waals surface area contributed by atoms with E-state index in [4.69, 9.17) is 11.6 Å². The number of likely N-dealkylation sites (tertiary alicyclic amines) is 1. The summed E-state index contributed by atoms with van der Waals surface area (Å²) in [5, 5.41) is 3.66. The molecule has 5 heteroatoms. The zero-order valence-corrected chi connectivity index (χ0v) is 12.8. The number of hydrogen-bond acceptors (Lipinski definition) is 2. The van der Waals surface area contributed by atoms with Crippen LogP contribution >= 0.6 is 11.6 Å². The second-order valence-corrected chi connectivity index (χ2v) is 6.38. The topological polar surface area (TPSA) is 49.4 Å². The first-order valence-electron chi connectivity index (χ1n) is 7.39. The van der Waals surface area contributed by atoms with Crippen molar-refractivity contribution in [2.75, 3.05) is 13.1 Å². The highest BCUT2D eigenvalue weighted by Crippen LogP contribution is 2.27. The van der Waals surface area contributed by atoms with Gasteiger partial charge in [0.25, 0.3) is 5.91 Å². The van der Waals surface area contributed by atoms with Crippen LogP contribution in [0, 0.1) is 12.8 Å². The number of amides is 2. The number of carbonyl (C=O) groups excluding carboxylic acids is 2. The van der Waals surface area contributed by atoms with Gasteiger partial charge in [-0.3, -0.25) is 9.59 Å². The predicted octanol–water partition coefficient (Wildman–Crippen LogP) is 2.39. The summed E-state index contributed by atoms with van der Waals surface area (Å²) in [6.45, 7) is 3.33. The summed E-state index contributed by atoms with van der Waals surface area (Å²) in [6.07, 6.45) is 2.27. The Morgan fingerprint density at radius 1 is 1.38 bits per heavy atom. The molecule has 2 amide bonds. The van der Waals surface area contributed by atoms with Gasteiger partial charge >= 0.3 is 0 Å². The minimum Gasteiger partial charge on any atom is -0.353 e. The Hall–Kier alpha value is -1.55. The third-order valence-corrected chi connectivity index (χ3v) is 4.94. The van der Waals surface area contributed by atoms with Gasteiger partial charge in [0.2, 0.25) is 5.91 Å². The van der Waals surface area contributed by atoms with E-state index < -0.39 is 0 Å². The number of fused-ring (bicyclic) bond motifs is 1. The van der Waals surface area contributed by atoms with Crippen LogP contribution in [0.4, 0.5) is 0 Å². The van der Waals surface area contributed by atoms with Crippen molar-refractivity contribution in [3.8, 4) is 0 Å². The minimum atomic E-state index is 0.0345. The summed E-state index contributed by atoms with van der Waals surface area (Å²) in [6, 6.07) is 5.69. The Bertz CT molecular complexity index is 588. The molecule has 0 saturated carbocycles. The molecule has 0 aromatic heterocycles. The fraction of sp³-hybridized carbons (Fsp3) is 0.500. The Morgan fingerprint density at radius 2 is 2.19 bits per heavy atom. The third kappa shape index (κ3) is 2.91. The monoisotopic (exact) mass is 306 g/mol. The second-order valence-electron chi connectivity index (χ2n) is 5.98. The first kappa shape index (κ1) is 14.4. The Morgan fingerprint density at radius 3 is 2.95 bits per heavy atom. The maximum absolute atomic E-state index is 12.6. The van der Waals surface area contributed by atoms with Gasteiger partial charge in [-0.2, -0.15) is 0 Å². The van der Waals surface area contributed by atoms with Gasteiger partial charge in [0.1, 0.15) is 0 Å². The van der Waals surface area contributed by atoms with Crippen LogP contribution in [0.3, 0.4) is 0 Å². The van der Waals surface area contributed by atoms with Crippen molar-refractivity contribution in [1.29, 1.82) is 0 Å². The second kappa shape index (κ2) is 5.68. The van der Waals surface area contributed by atoms with Crippen LogP contribution in [-0.4, -0.2) is 35.8 Å². The van der Waals surface area contributed by atoms with Crippen LogP contribution in [0.15, 0.2) is 18.2 Å². The van der Waals surface area contributed by atoms with Crippen LogP contribution in [0.25, 0.3) is 0 Å². The van der Waals surface area contributed by atoms with E-state index in [0.29, 0.717) is 29.5 Å². The van der Waals surface area contributed by atoms with Crippen molar-refractivity contribution in [3.05, 3.63) is 34.3 Å². The molecule has 112 valence electrons. The average molecular weight is 307 g/mol. The normalized spacial score (nSPS) is 25.2. The van der Waals surface area contributed by atoms with Gasteiger partial charge in [0.05, 0.1) is 0 Å². The Labute approximate surface area is 129 Å². The van der Waals surface area contributed by atoms with Gasteiger partial charge in [-0.1, -0.05) is 17.7 Å². The third-order valence-electron chi connectivity index (χ3n) is 4.53. The highest BCUT2D eigenvalue weighted by molar-refractivity contribution is 6.31. The lowest BCUT2D eigenvalue weighted by Crippen LogP contribution is -2.55. The first-order valence-corrected chi connectivity index (χ1v) is 7.77. The molecule has 3 rings (SSSR count). The molecule has 21 heavy (non-hydrogen) atoms. The predicted molar refractivity (Wildman–Crippen MR) is 81.4 cm³/mol. The van der Waals surface area contributed by atoms with Gasteiger partial charge in [-0.05, 0) is 43.4 Å². The SMILES string of the molecule is Cc1ccc(C(=O)N2CCC3NC(=O)CCC3C2)cc1Cl. The standard InChI is InChI=1S/C16H19ClN2O2/c1-10-2-3-11(8-13(10)17)16(21)19-7-6-14-12(9-19)4-5-15(20)18-14/h2-3,8,12,14H,4-7,9H2,1H3,(H,18,20). The van der Waals surface area contributed by atoms with Gasteiger partial charge in [0, 0.05) is 36.1 Å². The Kier molecular flexibility index (Phi) is 3.89. The Balaban J connectivity index is 1.71. The molecule has 4 nitrogen and oxygen atoms in total. The van der Waals surface area contributed by atoms with Crippen LogP contribution in [-0.2, 0) is 4.79 Å². The van der Waals surface area contributed by atoms with E-state index >= 15 is 0 Å². The van der Waals surface area contributed by atoms with E-state index in [2.05, 4.69) is 5.32 Å². The van der Waals surface area contributed by atoms with Crippen molar-refractivity contribution in [3.63, 3.8) is 0 Å². The molecule has 0 aliphatic carbocycles. The van der Waals surface area contributed by atoms with E-state index in [1.165, 1.54) is 0 Å². The van der Waals surface area contributed by atoms with Gasteiger partial charge in [-0.15, -0.1) is 0 Å². The zero-order valence-electron chi connectivity index (χ0n) is 12.1. The van der Waals surface area contributed by atoms with Crippen LogP contribution in [0.1, 0.15) is 35.2 Å². The van der Waals surface area contributed by atoms with E-state index in [1.54, 1.807) is 6.07 Å². The highest BCUT2D eigenvalue weighted by Gasteiger charge is 2.35. The van der Waals surface area contributed by atoms with Gasteiger partial charge in [0.15, 0.2) is 0 Å². The van der Waals surface area contributed by atoms with Crippen molar-refractivity contribution >= 4 is 23.4 Å². The highest BCUT2D eigenvalue weighted by atomic mass is 35.5. The maximum Gasteiger partial charge on any atom is 0.253 e. The van der Waals surface area contributed by atoms with E-state index in [9.17, 15) is 9.59 Å². The molecule has 0 radical (unpaired) electrons. The number of halogens is 1. The van der Waals surface area contributed by atoms with Crippen molar-refractivity contribution in [2.24, 2.45) is 5.92 Å². The molecular weight excluding hydrogens is 288 g/mol. The lowest BCUT2D eigenvalue weighted by Gasteiger charge is -2.41. The fourth-order valence-electron chi connectivity index (χ4n) is 3.20. The van der Waals surface area contributed by atoms with Gasteiger partial charge < -0.3 is 10.2 Å². The van der Waals surface area contributed by atoms with E-state index in [0.717, 1.165) is 24.9 Å². The molecule has 0 spiro atoms. The molecule has 1 aromatic carbocycles. The summed E-state index contributed by atoms with van der Waals surface area (Å²) < 4.78 is 0. The quantitative estimate of drug-likeness (QED) is 0.866. The lowest BCUT2D eigenvalue weighted by molar-refractivity contribution is -0.125. The summed E-state index contributed by atoms with van der Waals surface area (Å²) in [5.74, 6) is 0.551. The number of aryl methyl sites for hydroxylation is 1. The van der Waals surface area contributed by atoms with Crippen LogP contribution in [0.5, 0.6) is 0 Å². The number of hydrogen-bond donors (Lipinski definition) is 1. The van der Waals surface area contributed by atoms with Crippen molar-refractivity contribution in [1.82, 2.24) is 10.2 Å². The molecule has 2 aliphatic heterocycles. The summed E-state index contributed by atoms with van der Waals surface area (Å²) in [5.41, 5.74) is 1.62.